The Hall–Kier alpha value is -5.74. The van der Waals surface area contributed by atoms with Gasteiger partial charge in [-0.05, 0) is 74.3 Å². The topological polar surface area (TPSA) is 31.5 Å². The highest BCUT2D eigenvalue weighted by molar-refractivity contribution is 7.20. The monoisotopic (exact) mass is 761 g/mol. The van der Waals surface area contributed by atoms with E-state index in [1.807, 2.05) is 0 Å². The lowest BCUT2D eigenvalue weighted by Crippen LogP contribution is -2.75. The number of imidazole rings is 2. The number of rotatable bonds is 9. The Kier molecular flexibility index (Phi) is 8.31. The molecule has 4 nitrogen and oxygen atoms in total. The number of para-hydroxylation sites is 6. The quantitative estimate of drug-likeness (QED) is 0.114. The maximum Gasteiger partial charge on any atom is 0.220 e. The molecule has 9 aromatic rings. The van der Waals surface area contributed by atoms with E-state index in [2.05, 4.69) is 199 Å². The molecule has 268 valence electrons. The molecule has 0 spiro atoms. The molecule has 0 fully saturated rings. The van der Waals surface area contributed by atoms with Crippen LogP contribution in [0, 0.1) is 0 Å². The van der Waals surface area contributed by atoms with Gasteiger partial charge in [0.2, 0.25) is 5.78 Å². The Morgan fingerprint density at radius 3 is 1.87 bits per heavy atom. The van der Waals surface area contributed by atoms with Gasteiger partial charge in [0.05, 0.1) is 22.1 Å². The van der Waals surface area contributed by atoms with E-state index in [9.17, 15) is 0 Å². The van der Waals surface area contributed by atoms with Gasteiger partial charge in [-0.25, -0.2) is 4.98 Å². The van der Waals surface area contributed by atoms with Crippen LogP contribution < -0.4 is 25.5 Å². The van der Waals surface area contributed by atoms with Crippen LogP contribution in [0.3, 0.4) is 0 Å². The maximum absolute atomic E-state index is 7.34. The predicted octanol–water partition coefficient (Wildman–Crippen LogP) is 7.33. The van der Waals surface area contributed by atoms with Gasteiger partial charge in [0.1, 0.15) is 11.5 Å². The minimum Gasteiger partial charge on any atom is -0.457 e. The smallest absolute Gasteiger partial charge is 0.220 e. The van der Waals surface area contributed by atoms with Crippen LogP contribution in [-0.4, -0.2) is 41.1 Å². The van der Waals surface area contributed by atoms with Crippen molar-refractivity contribution in [1.29, 1.82) is 0 Å². The Bertz CT molecular complexity index is 2800. The molecule has 0 amide bonds. The molecular weight excluding hydrogens is 719 g/mol. The molecule has 0 bridgehead atoms. The van der Waals surface area contributed by atoms with E-state index in [0.29, 0.717) is 0 Å². The van der Waals surface area contributed by atoms with Gasteiger partial charge in [-0.1, -0.05) is 159 Å². The Labute approximate surface area is 327 Å². The molecule has 1 aliphatic heterocycles. The van der Waals surface area contributed by atoms with Crippen molar-refractivity contribution in [2.45, 2.75) is 30.6 Å². The Morgan fingerprint density at radius 2 is 1.15 bits per heavy atom. The van der Waals surface area contributed by atoms with Crippen LogP contribution in [0.25, 0.3) is 33.5 Å². The zero-order chi connectivity index (χ0) is 37.0. The second-order valence-electron chi connectivity index (χ2n) is 15.0. The first-order valence-electron chi connectivity index (χ1n) is 19.7. The van der Waals surface area contributed by atoms with E-state index in [-0.39, 0.29) is 4.66 Å². The first-order valence-corrected chi connectivity index (χ1v) is 25.1. The van der Waals surface area contributed by atoms with E-state index in [1.165, 1.54) is 44.0 Å². The molecule has 0 saturated heterocycles. The molecule has 55 heavy (non-hydrogen) atoms. The summed E-state index contributed by atoms with van der Waals surface area (Å²) in [6.07, 6.45) is 0. The summed E-state index contributed by atoms with van der Waals surface area (Å²) in [6.45, 7) is 4.81. The summed E-state index contributed by atoms with van der Waals surface area (Å²) in [7, 11) is -4.07. The molecule has 7 heteroatoms. The number of fused-ring (bicyclic) bond motifs is 7. The number of aromatic nitrogens is 3. The summed E-state index contributed by atoms with van der Waals surface area (Å²) < 4.78 is 12.1. The van der Waals surface area contributed by atoms with Gasteiger partial charge in [-0.2, -0.15) is 0 Å². The molecule has 1 aliphatic rings. The third-order valence-corrected chi connectivity index (χ3v) is 23.1. The molecule has 10 rings (SSSR count). The third kappa shape index (κ3) is 5.03. The summed E-state index contributed by atoms with van der Waals surface area (Å²) in [5.41, 5.74) is 8.36. The molecule has 0 aliphatic carbocycles. The van der Waals surface area contributed by atoms with Gasteiger partial charge in [0.15, 0.2) is 8.07 Å². The first-order chi connectivity index (χ1) is 27.2. The number of hydrogen-bond acceptors (Lipinski definition) is 2. The summed E-state index contributed by atoms with van der Waals surface area (Å²) >= 11 is 0. The summed E-state index contributed by atoms with van der Waals surface area (Å²) in [5.74, 6) is 3.07. The van der Waals surface area contributed by atoms with Crippen molar-refractivity contribution < 1.29 is 4.74 Å². The molecule has 0 unspecified atom stereocenters. The second kappa shape index (κ2) is 13.5. The van der Waals surface area contributed by atoms with Gasteiger partial charge in [0, 0.05) is 29.4 Å². The molecule has 0 atom stereocenters. The lowest BCUT2D eigenvalue weighted by molar-refractivity contribution is 0.455. The van der Waals surface area contributed by atoms with Gasteiger partial charge in [0.25, 0.3) is 0 Å². The minimum atomic E-state index is -3.05. The van der Waals surface area contributed by atoms with Crippen molar-refractivity contribution in [2.75, 3.05) is 0 Å². The highest BCUT2D eigenvalue weighted by atomic mass is 28.3. The van der Waals surface area contributed by atoms with Crippen molar-refractivity contribution in [3.63, 3.8) is 0 Å². The average Bonchev–Trinajstić information content (AvgIpc) is 3.77. The van der Waals surface area contributed by atoms with Crippen LogP contribution in [0.2, 0.25) is 12.1 Å². The van der Waals surface area contributed by atoms with Crippen LogP contribution in [0.1, 0.15) is 25.0 Å². The first kappa shape index (κ1) is 33.8. The van der Waals surface area contributed by atoms with E-state index in [1.54, 1.807) is 0 Å². The van der Waals surface area contributed by atoms with Gasteiger partial charge < -0.3 is 4.74 Å². The van der Waals surface area contributed by atoms with E-state index in [0.717, 1.165) is 45.0 Å². The summed E-state index contributed by atoms with van der Waals surface area (Å²) in [6, 6.07) is 67.8. The normalized spacial score (nSPS) is 15.7. The highest BCUT2D eigenvalue weighted by Crippen LogP contribution is 2.47. The third-order valence-electron chi connectivity index (χ3n) is 12.0. The van der Waals surface area contributed by atoms with Gasteiger partial charge in [-0.3, -0.25) is 8.97 Å². The maximum atomic E-state index is 7.34. The fourth-order valence-corrected chi connectivity index (χ4v) is 21.8. The van der Waals surface area contributed by atoms with E-state index >= 15 is 0 Å². The number of benzene rings is 7. The SMILES string of the molecule is CC[SiH2]C1([SiH2]CC)c2ccccc2Oc2c1cccc2[Si](c1ccccc1)(c1ccccc1)c1cccc(-n2c3ccccc3n3c4ccccc4nc23)c1. The Morgan fingerprint density at radius 1 is 0.564 bits per heavy atom. The molecule has 0 N–H and O–H groups in total. The molecule has 0 radical (unpaired) electrons. The van der Waals surface area contributed by atoms with Crippen LogP contribution in [0.4, 0.5) is 0 Å². The summed E-state index contributed by atoms with van der Waals surface area (Å²) in [4.78, 5) is 5.25. The fourth-order valence-electron chi connectivity index (χ4n) is 9.87. The molecule has 2 aromatic heterocycles. The van der Waals surface area contributed by atoms with Gasteiger partial charge >= 0.3 is 0 Å². The second-order valence-corrected chi connectivity index (χ2v) is 25.1. The van der Waals surface area contributed by atoms with Crippen molar-refractivity contribution in [2.24, 2.45) is 0 Å². The predicted molar refractivity (Wildman–Crippen MR) is 238 cm³/mol. The van der Waals surface area contributed by atoms with E-state index < -0.39 is 27.1 Å². The molecule has 0 saturated carbocycles. The number of hydrogen-bond donors (Lipinski definition) is 0. The van der Waals surface area contributed by atoms with Crippen LogP contribution in [0.15, 0.2) is 176 Å². The van der Waals surface area contributed by atoms with Crippen molar-refractivity contribution in [1.82, 2.24) is 14.0 Å². The standard InChI is InChI=1S/C48H43N3OSi3/c1-3-53-48(54-4-2)38-25-11-16-31-44(38)52-46-39(48)26-18-32-45(46)55(35-20-7-5-8-21-35,36-22-9-6-10-23-36)37-24-17-19-34(33-37)50-42-29-14-15-30-43(42)51-41-28-13-12-27-40(41)49-47(50)51/h5-33H,3-4,53-54H2,1-2H3. The lowest BCUT2D eigenvalue weighted by atomic mass is 9.98. The van der Waals surface area contributed by atoms with Crippen molar-refractivity contribution >= 4 is 75.7 Å². The average molecular weight is 762 g/mol. The molecule has 3 heterocycles. The minimum absolute atomic E-state index is 0.136. The lowest BCUT2D eigenvalue weighted by Gasteiger charge is -2.43. The fraction of sp³-hybridized carbons (Fsp3) is 0.104. The molecular formula is C48H43N3OSi3. The molecule has 7 aromatic carbocycles. The van der Waals surface area contributed by atoms with Gasteiger partial charge in [-0.15, -0.1) is 0 Å². The van der Waals surface area contributed by atoms with E-state index in [4.69, 9.17) is 9.72 Å². The van der Waals surface area contributed by atoms with Crippen LogP contribution in [0.5, 0.6) is 11.5 Å². The van der Waals surface area contributed by atoms with Crippen molar-refractivity contribution in [3.8, 4) is 17.2 Å². The zero-order valence-corrected chi connectivity index (χ0v) is 35.1. The summed E-state index contributed by atoms with van der Waals surface area (Å²) in [5, 5.41) is 5.32. The number of ether oxygens (including phenoxy) is 1. The Balaban J connectivity index is 1.31. The number of nitrogens with zero attached hydrogens (tertiary/aromatic N) is 3. The largest absolute Gasteiger partial charge is 0.457 e. The van der Waals surface area contributed by atoms with Crippen LogP contribution in [-0.2, 0) is 4.66 Å². The van der Waals surface area contributed by atoms with Crippen LogP contribution >= 0.6 is 0 Å². The van der Waals surface area contributed by atoms with Crippen molar-refractivity contribution in [3.05, 3.63) is 187 Å². The zero-order valence-electron chi connectivity index (χ0n) is 31.3. The highest BCUT2D eigenvalue weighted by Gasteiger charge is 2.48.